The predicted octanol–water partition coefficient (Wildman–Crippen LogP) is 5.47. The van der Waals surface area contributed by atoms with Crippen molar-refractivity contribution in [1.82, 2.24) is 0 Å². The molecule has 1 aliphatic carbocycles. The maximum Gasteiger partial charge on any atom is 0.422 e. The Morgan fingerprint density at radius 3 is 2.53 bits per heavy atom. The summed E-state index contributed by atoms with van der Waals surface area (Å²) in [6.45, 7) is 1.98. The number of ketones is 3. The molecule has 0 amide bonds. The number of carbonyl (C=O) groups excluding carboxylic acids is 3. The summed E-state index contributed by atoms with van der Waals surface area (Å²) in [4.78, 5) is 38.4. The van der Waals surface area contributed by atoms with Gasteiger partial charge in [-0.3, -0.25) is 14.4 Å². The summed E-state index contributed by atoms with van der Waals surface area (Å²) in [7, 11) is 0. The zero-order valence-corrected chi connectivity index (χ0v) is 19.0. The van der Waals surface area contributed by atoms with Crippen LogP contribution in [0, 0.1) is 18.7 Å². The van der Waals surface area contributed by atoms with Crippen LogP contribution in [0.4, 0.5) is 17.6 Å². The number of Topliss-reactive ketones (excluding diaryl/α,β-unsaturated/α-hetero) is 3. The molecule has 182 valence electrons. The minimum Gasteiger partial charge on any atom is -0.484 e. The maximum absolute atomic E-state index is 13.3. The molecular formula is C26H26F4O4. The monoisotopic (exact) mass is 478 g/mol. The number of rotatable bonds is 9. The van der Waals surface area contributed by atoms with Crippen LogP contribution in [0.25, 0.3) is 0 Å². The molecule has 34 heavy (non-hydrogen) atoms. The van der Waals surface area contributed by atoms with E-state index in [1.807, 2.05) is 0 Å². The molecule has 3 rings (SSSR count). The maximum atomic E-state index is 13.3. The van der Waals surface area contributed by atoms with Crippen LogP contribution in [0.2, 0.25) is 0 Å². The Morgan fingerprint density at radius 1 is 1.15 bits per heavy atom. The van der Waals surface area contributed by atoms with Crippen molar-refractivity contribution in [1.29, 1.82) is 0 Å². The fourth-order valence-electron chi connectivity index (χ4n) is 4.47. The summed E-state index contributed by atoms with van der Waals surface area (Å²) in [5.41, 5.74) is 2.24. The van der Waals surface area contributed by atoms with E-state index in [0.717, 1.165) is 0 Å². The number of aryl methyl sites for hydroxylation is 3. The lowest BCUT2D eigenvalue weighted by Gasteiger charge is -2.19. The Morgan fingerprint density at radius 2 is 1.88 bits per heavy atom. The molecule has 2 aromatic rings. The molecule has 2 aromatic carbocycles. The van der Waals surface area contributed by atoms with Crippen molar-refractivity contribution in [3.63, 3.8) is 0 Å². The van der Waals surface area contributed by atoms with E-state index < -0.39 is 24.6 Å². The highest BCUT2D eigenvalue weighted by molar-refractivity contribution is 6.15. The number of alkyl halides is 3. The molecular weight excluding hydrogens is 452 g/mol. The van der Waals surface area contributed by atoms with E-state index in [9.17, 15) is 31.9 Å². The molecule has 8 heteroatoms. The average molecular weight is 478 g/mol. The van der Waals surface area contributed by atoms with Crippen LogP contribution in [-0.4, -0.2) is 30.1 Å². The van der Waals surface area contributed by atoms with Gasteiger partial charge in [-0.2, -0.15) is 13.2 Å². The van der Waals surface area contributed by atoms with Gasteiger partial charge in [0.25, 0.3) is 0 Å². The number of ether oxygens (including phenoxy) is 1. The second-order valence-electron chi connectivity index (χ2n) is 8.65. The molecule has 2 atom stereocenters. The third kappa shape index (κ3) is 6.30. The lowest BCUT2D eigenvalue weighted by atomic mass is 9.85. The Kier molecular flexibility index (Phi) is 7.89. The first-order chi connectivity index (χ1) is 16.0. The lowest BCUT2D eigenvalue weighted by molar-refractivity contribution is -0.153. The number of hydrogen-bond donors (Lipinski definition) is 0. The van der Waals surface area contributed by atoms with Gasteiger partial charge in [0, 0.05) is 25.2 Å². The fraction of sp³-hybridized carbons (Fsp3) is 0.423. The molecule has 1 fully saturated rings. The van der Waals surface area contributed by atoms with Gasteiger partial charge in [-0.1, -0.05) is 19.1 Å². The van der Waals surface area contributed by atoms with Crippen molar-refractivity contribution in [2.45, 2.75) is 58.0 Å². The molecule has 0 aromatic heterocycles. The van der Waals surface area contributed by atoms with Gasteiger partial charge in [-0.15, -0.1) is 0 Å². The number of halogens is 4. The Bertz CT molecular complexity index is 1090. The van der Waals surface area contributed by atoms with Gasteiger partial charge >= 0.3 is 6.18 Å². The highest BCUT2D eigenvalue weighted by Gasteiger charge is 2.44. The minimum atomic E-state index is -4.48. The Hall–Kier alpha value is -3.03. The molecule has 0 radical (unpaired) electrons. The van der Waals surface area contributed by atoms with Crippen LogP contribution >= 0.6 is 0 Å². The largest absolute Gasteiger partial charge is 0.484 e. The zero-order valence-electron chi connectivity index (χ0n) is 19.0. The third-order valence-electron chi connectivity index (χ3n) is 6.03. The smallest absolute Gasteiger partial charge is 0.422 e. The molecule has 0 saturated heterocycles. The van der Waals surface area contributed by atoms with E-state index in [1.54, 1.807) is 26.0 Å². The lowest BCUT2D eigenvalue weighted by Crippen LogP contribution is -2.21. The number of carbonyl (C=O) groups is 3. The van der Waals surface area contributed by atoms with Gasteiger partial charge in [0.1, 0.15) is 29.1 Å². The Labute approximate surface area is 195 Å². The molecule has 1 aliphatic rings. The Balaban J connectivity index is 1.71. The van der Waals surface area contributed by atoms with Crippen LogP contribution in [-0.2, 0) is 27.2 Å². The highest BCUT2D eigenvalue weighted by Crippen LogP contribution is 2.39. The fourth-order valence-corrected chi connectivity index (χ4v) is 4.47. The van der Waals surface area contributed by atoms with Crippen molar-refractivity contribution in [3.8, 4) is 5.75 Å². The van der Waals surface area contributed by atoms with Crippen LogP contribution in [0.3, 0.4) is 0 Å². The van der Waals surface area contributed by atoms with Crippen molar-refractivity contribution in [2.24, 2.45) is 5.92 Å². The second kappa shape index (κ2) is 10.5. The van der Waals surface area contributed by atoms with Crippen molar-refractivity contribution < 1.29 is 36.7 Å². The van der Waals surface area contributed by atoms with Gasteiger partial charge in [-0.25, -0.2) is 4.39 Å². The van der Waals surface area contributed by atoms with E-state index in [-0.39, 0.29) is 48.2 Å². The van der Waals surface area contributed by atoms with E-state index in [4.69, 9.17) is 4.74 Å². The molecule has 0 aliphatic heterocycles. The van der Waals surface area contributed by atoms with Crippen molar-refractivity contribution >= 4 is 17.3 Å². The zero-order chi connectivity index (χ0) is 25.0. The van der Waals surface area contributed by atoms with Gasteiger partial charge in [0.15, 0.2) is 12.4 Å². The first kappa shape index (κ1) is 25.6. The molecule has 2 unspecified atom stereocenters. The summed E-state index contributed by atoms with van der Waals surface area (Å²) in [6.07, 6.45) is -3.73. The van der Waals surface area contributed by atoms with Gasteiger partial charge < -0.3 is 4.74 Å². The molecule has 0 N–H and O–H groups in total. The van der Waals surface area contributed by atoms with E-state index in [2.05, 4.69) is 0 Å². The van der Waals surface area contributed by atoms with Gasteiger partial charge in [-0.05, 0) is 66.3 Å². The summed E-state index contributed by atoms with van der Waals surface area (Å²) in [5, 5.41) is 0. The summed E-state index contributed by atoms with van der Waals surface area (Å²) < 4.78 is 55.7. The van der Waals surface area contributed by atoms with Crippen LogP contribution in [0.15, 0.2) is 36.4 Å². The third-order valence-corrected chi connectivity index (χ3v) is 6.03. The number of benzene rings is 2. The van der Waals surface area contributed by atoms with Crippen LogP contribution < -0.4 is 4.74 Å². The average Bonchev–Trinajstić information content (AvgIpc) is 3.02. The molecule has 0 bridgehead atoms. The first-order valence-electron chi connectivity index (χ1n) is 11.1. The van der Waals surface area contributed by atoms with Crippen molar-refractivity contribution in [3.05, 3.63) is 64.5 Å². The minimum absolute atomic E-state index is 0.0254. The van der Waals surface area contributed by atoms with E-state index in [1.165, 1.54) is 24.3 Å². The predicted molar refractivity (Wildman–Crippen MR) is 117 cm³/mol. The summed E-state index contributed by atoms with van der Waals surface area (Å²) in [5.74, 6) is -2.95. The standard InChI is InChI=1S/C26H26F4O4/c1-3-17-12-21(34-14-26(28,29)30)9-15(2)23(17)24-22(32)13-18(25(24)33)11-20(31)8-7-16-5-4-6-19(27)10-16/h4-6,9-10,12,18,24H,3,7-8,11,13-14H2,1-2H3. The van der Waals surface area contributed by atoms with Crippen LogP contribution in [0.5, 0.6) is 5.75 Å². The molecule has 4 nitrogen and oxygen atoms in total. The second-order valence-corrected chi connectivity index (χ2v) is 8.65. The summed E-state index contributed by atoms with van der Waals surface area (Å²) in [6, 6.07) is 8.78. The normalized spacial score (nSPS) is 18.4. The SMILES string of the molecule is CCc1cc(OCC(F)(F)F)cc(C)c1C1C(=O)CC(CC(=O)CCc2cccc(F)c2)C1=O. The van der Waals surface area contributed by atoms with Crippen LogP contribution in [0.1, 0.15) is 54.4 Å². The quantitative estimate of drug-likeness (QED) is 0.354. The number of hydrogen-bond acceptors (Lipinski definition) is 4. The molecule has 1 saturated carbocycles. The molecule has 0 spiro atoms. The van der Waals surface area contributed by atoms with Gasteiger partial charge in [0.2, 0.25) is 0 Å². The first-order valence-corrected chi connectivity index (χ1v) is 11.1. The highest BCUT2D eigenvalue weighted by atomic mass is 19.4. The van der Waals surface area contributed by atoms with E-state index >= 15 is 0 Å². The topological polar surface area (TPSA) is 60.4 Å². The van der Waals surface area contributed by atoms with E-state index in [0.29, 0.717) is 35.1 Å². The molecule has 0 heterocycles. The summed E-state index contributed by atoms with van der Waals surface area (Å²) >= 11 is 0. The van der Waals surface area contributed by atoms with Crippen molar-refractivity contribution in [2.75, 3.05) is 6.61 Å². The van der Waals surface area contributed by atoms with Gasteiger partial charge in [0.05, 0.1) is 0 Å².